The van der Waals surface area contributed by atoms with Gasteiger partial charge in [0.25, 0.3) is 5.91 Å². The Morgan fingerprint density at radius 2 is 1.89 bits per heavy atom. The maximum absolute atomic E-state index is 12.1. The normalized spacial score (nSPS) is 10.5. The van der Waals surface area contributed by atoms with Crippen molar-refractivity contribution in [3.63, 3.8) is 0 Å². The lowest BCUT2D eigenvalue weighted by Gasteiger charge is -2.08. The molecule has 28 heavy (non-hydrogen) atoms. The number of nitro groups is 1. The first-order valence-electron chi connectivity index (χ1n) is 8.55. The van der Waals surface area contributed by atoms with Gasteiger partial charge >= 0.3 is 5.69 Å². The smallest absolute Gasteiger partial charge is 0.310 e. The van der Waals surface area contributed by atoms with Crippen LogP contribution >= 0.6 is 11.3 Å². The second-order valence-corrected chi connectivity index (χ2v) is 7.21. The van der Waals surface area contributed by atoms with Gasteiger partial charge in [0, 0.05) is 17.0 Å². The quantitative estimate of drug-likeness (QED) is 0.482. The third-order valence-corrected chi connectivity index (χ3v) is 5.05. The summed E-state index contributed by atoms with van der Waals surface area (Å²) in [6.07, 6.45) is 0. The standard InChI is InChI=1S/C20H19N3O4S/c1-12-8-14(3)15(9-13(12)2)16-11-28-20(21-16)22-19(24)10-27-18-7-5-4-6-17(18)23(25)26/h4-9,11H,10H2,1-3H3,(H,21,22,24). The molecule has 1 N–H and O–H groups in total. The predicted octanol–water partition coefficient (Wildman–Crippen LogP) is 4.66. The monoisotopic (exact) mass is 397 g/mol. The molecule has 2 aromatic carbocycles. The zero-order chi connectivity index (χ0) is 20.3. The van der Waals surface area contributed by atoms with E-state index >= 15 is 0 Å². The van der Waals surface area contributed by atoms with E-state index in [0.29, 0.717) is 5.13 Å². The third-order valence-electron chi connectivity index (χ3n) is 4.29. The molecule has 0 saturated carbocycles. The number of benzene rings is 2. The summed E-state index contributed by atoms with van der Waals surface area (Å²) in [6.45, 7) is 5.80. The van der Waals surface area contributed by atoms with E-state index in [1.165, 1.54) is 40.7 Å². The number of aromatic nitrogens is 1. The van der Waals surface area contributed by atoms with Gasteiger partial charge in [0.15, 0.2) is 17.5 Å². The van der Waals surface area contributed by atoms with Crippen molar-refractivity contribution in [2.45, 2.75) is 20.8 Å². The van der Waals surface area contributed by atoms with Crippen LogP contribution in [0.4, 0.5) is 10.8 Å². The molecule has 0 atom stereocenters. The van der Waals surface area contributed by atoms with Crippen molar-refractivity contribution in [2.75, 3.05) is 11.9 Å². The van der Waals surface area contributed by atoms with Crippen LogP contribution in [0.5, 0.6) is 5.75 Å². The molecule has 1 heterocycles. The van der Waals surface area contributed by atoms with Crippen LogP contribution in [0, 0.1) is 30.9 Å². The second-order valence-electron chi connectivity index (χ2n) is 6.35. The first kappa shape index (κ1) is 19.5. The van der Waals surface area contributed by atoms with Gasteiger partial charge in [-0.05, 0) is 49.6 Å². The Morgan fingerprint density at radius 3 is 2.64 bits per heavy atom. The van der Waals surface area contributed by atoms with Gasteiger partial charge < -0.3 is 4.74 Å². The second kappa shape index (κ2) is 8.18. The van der Waals surface area contributed by atoms with Crippen LogP contribution in [0.2, 0.25) is 0 Å². The van der Waals surface area contributed by atoms with E-state index in [2.05, 4.69) is 29.4 Å². The summed E-state index contributed by atoms with van der Waals surface area (Å²) in [5.41, 5.74) is 5.15. The number of nitrogens with one attached hydrogen (secondary N) is 1. The highest BCUT2D eigenvalue weighted by molar-refractivity contribution is 7.14. The molecule has 0 aliphatic rings. The average molecular weight is 397 g/mol. The number of carbonyl (C=O) groups is 1. The number of nitro benzene ring substituents is 1. The molecule has 1 aromatic heterocycles. The molecule has 7 nitrogen and oxygen atoms in total. The van der Waals surface area contributed by atoms with Crippen molar-refractivity contribution in [1.82, 2.24) is 4.98 Å². The van der Waals surface area contributed by atoms with Crippen molar-refractivity contribution in [1.29, 1.82) is 0 Å². The molecule has 0 aliphatic carbocycles. The first-order chi connectivity index (χ1) is 13.3. The minimum atomic E-state index is -0.549. The number of hydrogen-bond donors (Lipinski definition) is 1. The summed E-state index contributed by atoms with van der Waals surface area (Å²) in [6, 6.07) is 10.1. The van der Waals surface area contributed by atoms with Gasteiger partial charge in [0.05, 0.1) is 10.6 Å². The minimum absolute atomic E-state index is 0.0493. The number of nitrogens with zero attached hydrogens (tertiary/aromatic N) is 2. The number of carbonyl (C=O) groups excluding carboxylic acids is 1. The number of thiazole rings is 1. The lowest BCUT2D eigenvalue weighted by molar-refractivity contribution is -0.385. The molecule has 0 bridgehead atoms. The predicted molar refractivity (Wildman–Crippen MR) is 109 cm³/mol. The van der Waals surface area contributed by atoms with E-state index in [-0.39, 0.29) is 18.0 Å². The van der Waals surface area contributed by atoms with Crippen LogP contribution in [-0.2, 0) is 4.79 Å². The molecule has 0 spiro atoms. The minimum Gasteiger partial charge on any atom is -0.477 e. The summed E-state index contributed by atoms with van der Waals surface area (Å²) >= 11 is 1.31. The van der Waals surface area contributed by atoms with Gasteiger partial charge in [-0.15, -0.1) is 11.3 Å². The molecule has 144 valence electrons. The van der Waals surface area contributed by atoms with Crippen LogP contribution in [0.25, 0.3) is 11.3 Å². The Kier molecular flexibility index (Phi) is 5.70. The topological polar surface area (TPSA) is 94.4 Å². The van der Waals surface area contributed by atoms with Crippen molar-refractivity contribution < 1.29 is 14.5 Å². The maximum atomic E-state index is 12.1. The van der Waals surface area contributed by atoms with Crippen molar-refractivity contribution in [3.05, 3.63) is 68.6 Å². The molecule has 0 radical (unpaired) electrons. The fourth-order valence-electron chi connectivity index (χ4n) is 2.72. The highest BCUT2D eigenvalue weighted by atomic mass is 32.1. The Morgan fingerprint density at radius 1 is 1.18 bits per heavy atom. The third kappa shape index (κ3) is 4.34. The van der Waals surface area contributed by atoms with E-state index in [4.69, 9.17) is 4.74 Å². The van der Waals surface area contributed by atoms with Gasteiger partial charge in [-0.25, -0.2) is 4.98 Å². The van der Waals surface area contributed by atoms with Gasteiger partial charge in [0.2, 0.25) is 0 Å². The van der Waals surface area contributed by atoms with Gasteiger partial charge in [-0.1, -0.05) is 18.2 Å². The van der Waals surface area contributed by atoms with Crippen molar-refractivity contribution in [3.8, 4) is 17.0 Å². The number of anilines is 1. The Hall–Kier alpha value is -3.26. The molecule has 0 fully saturated rings. The van der Waals surface area contributed by atoms with Crippen LogP contribution < -0.4 is 10.1 Å². The number of amides is 1. The lowest BCUT2D eigenvalue weighted by Crippen LogP contribution is -2.20. The molecule has 0 aliphatic heterocycles. The Bertz CT molecular complexity index is 1050. The van der Waals surface area contributed by atoms with Crippen molar-refractivity contribution in [2.24, 2.45) is 0 Å². The van der Waals surface area contributed by atoms with E-state index in [1.807, 2.05) is 19.2 Å². The average Bonchev–Trinajstić information content (AvgIpc) is 3.11. The zero-order valence-corrected chi connectivity index (χ0v) is 16.5. The van der Waals surface area contributed by atoms with Crippen LogP contribution in [0.15, 0.2) is 41.8 Å². The zero-order valence-electron chi connectivity index (χ0n) is 15.7. The highest BCUT2D eigenvalue weighted by Gasteiger charge is 2.16. The van der Waals surface area contributed by atoms with Crippen LogP contribution in [0.3, 0.4) is 0 Å². The largest absolute Gasteiger partial charge is 0.477 e. The Labute approximate surface area is 166 Å². The summed E-state index contributed by atoms with van der Waals surface area (Å²) in [5.74, 6) is -0.385. The summed E-state index contributed by atoms with van der Waals surface area (Å²) in [7, 11) is 0. The van der Waals surface area contributed by atoms with Gasteiger partial charge in [-0.3, -0.25) is 20.2 Å². The first-order valence-corrected chi connectivity index (χ1v) is 9.43. The van der Waals surface area contributed by atoms with Crippen LogP contribution in [-0.4, -0.2) is 22.4 Å². The van der Waals surface area contributed by atoms with E-state index < -0.39 is 10.8 Å². The SMILES string of the molecule is Cc1cc(C)c(-c2csc(NC(=O)COc3ccccc3[N+](=O)[O-])n2)cc1C. The molecular formula is C20H19N3O4S. The van der Waals surface area contributed by atoms with Gasteiger partial charge in [-0.2, -0.15) is 0 Å². The number of ether oxygens (including phenoxy) is 1. The Balaban J connectivity index is 1.67. The molecular weight excluding hydrogens is 378 g/mol. The molecule has 1 amide bonds. The van der Waals surface area contributed by atoms with E-state index in [1.54, 1.807) is 6.07 Å². The fraction of sp³-hybridized carbons (Fsp3) is 0.200. The summed E-state index contributed by atoms with van der Waals surface area (Å²) in [5, 5.41) is 16.0. The summed E-state index contributed by atoms with van der Waals surface area (Å²) in [4.78, 5) is 27.0. The molecule has 3 rings (SSSR count). The highest BCUT2D eigenvalue weighted by Crippen LogP contribution is 2.30. The van der Waals surface area contributed by atoms with Crippen molar-refractivity contribution >= 4 is 28.1 Å². The molecule has 0 unspecified atom stereocenters. The lowest BCUT2D eigenvalue weighted by atomic mass is 9.99. The van der Waals surface area contributed by atoms with E-state index in [9.17, 15) is 14.9 Å². The van der Waals surface area contributed by atoms with E-state index in [0.717, 1.165) is 16.8 Å². The number of hydrogen-bond acceptors (Lipinski definition) is 6. The maximum Gasteiger partial charge on any atom is 0.310 e. The summed E-state index contributed by atoms with van der Waals surface area (Å²) < 4.78 is 5.30. The number of rotatable bonds is 6. The molecule has 3 aromatic rings. The van der Waals surface area contributed by atoms with Gasteiger partial charge in [0.1, 0.15) is 0 Å². The fourth-order valence-corrected chi connectivity index (χ4v) is 3.45. The number of aryl methyl sites for hydroxylation is 3. The molecule has 8 heteroatoms. The number of para-hydroxylation sites is 2. The molecule has 0 saturated heterocycles. The van der Waals surface area contributed by atoms with Crippen LogP contribution in [0.1, 0.15) is 16.7 Å².